The highest BCUT2D eigenvalue weighted by Gasteiger charge is 2.05. The minimum absolute atomic E-state index is 0.817. The summed E-state index contributed by atoms with van der Waals surface area (Å²) in [6.45, 7) is 0. The third-order valence-corrected chi connectivity index (χ3v) is 2.66. The molecular formula is C7H5Cl2NO4S. The van der Waals surface area contributed by atoms with Crippen LogP contribution in [0.15, 0.2) is 29.9 Å². The highest BCUT2D eigenvalue weighted by Crippen LogP contribution is 2.16. The van der Waals surface area contributed by atoms with Crippen molar-refractivity contribution < 1.29 is 33.3 Å². The summed E-state index contributed by atoms with van der Waals surface area (Å²) < 4.78 is 36.0. The predicted molar refractivity (Wildman–Crippen MR) is 42.5 cm³/mol. The fraction of sp³-hybridized carbons (Fsp3) is 0. The first-order valence-corrected chi connectivity index (χ1v) is 6.02. The normalized spacial score (nSPS) is 11.0. The third kappa shape index (κ3) is 4.72. The van der Waals surface area contributed by atoms with Crippen LogP contribution in [0, 0.1) is 10.2 Å². The Morgan fingerprint density at radius 1 is 1.20 bits per heavy atom. The molecule has 0 aliphatic carbocycles. The highest BCUT2D eigenvalue weighted by atomic mass is 35.7. The topological polar surface area (TPSA) is 96.3 Å². The van der Waals surface area contributed by atoms with Gasteiger partial charge in [0.15, 0.2) is 12.4 Å². The molecule has 0 saturated heterocycles. The van der Waals surface area contributed by atoms with Crippen LogP contribution in [0.5, 0.6) is 0 Å². The molecule has 0 amide bonds. The summed E-state index contributed by atoms with van der Waals surface area (Å²) >= 11 is 7.53. The Morgan fingerprint density at radius 3 is 2.33 bits per heavy atom. The molecule has 0 spiro atoms. The van der Waals surface area contributed by atoms with Crippen LogP contribution in [-0.4, -0.2) is 0 Å². The van der Waals surface area contributed by atoms with Crippen LogP contribution < -0.4 is 23.0 Å². The van der Waals surface area contributed by atoms with Crippen LogP contribution in [0.25, 0.3) is 4.83 Å². The second kappa shape index (κ2) is 5.04. The van der Waals surface area contributed by atoms with Crippen LogP contribution in [0.3, 0.4) is 0 Å². The molecule has 2 aromatic rings. The molecule has 0 radical (unpaired) electrons. The van der Waals surface area contributed by atoms with Crippen LogP contribution in [0.1, 0.15) is 0 Å². The molecule has 15 heavy (non-hydrogen) atoms. The average molecular weight is 270 g/mol. The molecule has 0 aliphatic heterocycles. The standard InChI is InChI=1S/C7H5ClNS.ClHO4/c8-6-2-1-3-9-4-5-10-7(6)9;2-1(3,4)5/h1-5H;(H,2,3,4,5)/q+1;/p-1. The summed E-state index contributed by atoms with van der Waals surface area (Å²) in [7, 11) is -4.94. The Morgan fingerprint density at radius 2 is 1.80 bits per heavy atom. The Labute approximate surface area is 96.1 Å². The van der Waals surface area contributed by atoms with Gasteiger partial charge >= 0.3 is 0 Å². The highest BCUT2D eigenvalue weighted by molar-refractivity contribution is 7.15. The monoisotopic (exact) mass is 269 g/mol. The minimum Gasteiger partial charge on any atom is -0.222 e. The molecule has 0 atom stereocenters. The van der Waals surface area contributed by atoms with E-state index in [0.29, 0.717) is 0 Å². The van der Waals surface area contributed by atoms with Crippen LogP contribution in [0.2, 0.25) is 5.02 Å². The maximum Gasteiger partial charge on any atom is 0.285 e. The van der Waals surface area contributed by atoms with Crippen molar-refractivity contribution in [2.45, 2.75) is 0 Å². The lowest BCUT2D eigenvalue weighted by atomic mass is 10.5. The number of hydrogen-bond donors (Lipinski definition) is 0. The number of rotatable bonds is 0. The number of fused-ring (bicyclic) bond motifs is 1. The zero-order valence-corrected chi connectivity index (χ0v) is 9.46. The number of aromatic nitrogens is 1. The minimum atomic E-state index is -4.94. The lowest BCUT2D eigenvalue weighted by Crippen LogP contribution is -2.68. The van der Waals surface area contributed by atoms with Crippen LogP contribution >= 0.6 is 22.9 Å². The first kappa shape index (κ1) is 12.6. The van der Waals surface area contributed by atoms with Gasteiger partial charge in [0.05, 0.1) is 5.38 Å². The van der Waals surface area contributed by atoms with Crippen molar-refractivity contribution in [3.8, 4) is 0 Å². The molecule has 0 N–H and O–H groups in total. The van der Waals surface area contributed by atoms with Crippen molar-refractivity contribution in [2.24, 2.45) is 0 Å². The van der Waals surface area contributed by atoms with E-state index in [2.05, 4.69) is 0 Å². The Bertz CT molecular complexity index is 436. The molecule has 2 aromatic heterocycles. The maximum atomic E-state index is 8.49. The van der Waals surface area contributed by atoms with Gasteiger partial charge in [-0.15, -0.1) is 10.2 Å². The van der Waals surface area contributed by atoms with Crippen molar-refractivity contribution in [1.82, 2.24) is 0 Å². The van der Waals surface area contributed by atoms with Gasteiger partial charge in [-0.3, -0.25) is 0 Å². The molecular weight excluding hydrogens is 265 g/mol. The van der Waals surface area contributed by atoms with Crippen molar-refractivity contribution in [3.63, 3.8) is 0 Å². The number of halogens is 2. The summed E-state index contributed by atoms with van der Waals surface area (Å²) in [4.78, 5) is 1.10. The van der Waals surface area contributed by atoms with E-state index in [-0.39, 0.29) is 0 Å². The molecule has 8 heteroatoms. The van der Waals surface area contributed by atoms with E-state index >= 15 is 0 Å². The SMILES string of the molecule is Clc1ccc[n+]2ccsc12.[O-][Cl+3]([O-])([O-])[O-]. The van der Waals surface area contributed by atoms with Crippen LogP contribution in [0.4, 0.5) is 0 Å². The van der Waals surface area contributed by atoms with E-state index < -0.39 is 10.2 Å². The van der Waals surface area contributed by atoms with Gasteiger partial charge in [0.1, 0.15) is 5.02 Å². The van der Waals surface area contributed by atoms with Gasteiger partial charge in [0.25, 0.3) is 4.83 Å². The summed E-state index contributed by atoms with van der Waals surface area (Å²) in [5.41, 5.74) is 0. The fourth-order valence-electron chi connectivity index (χ4n) is 0.878. The smallest absolute Gasteiger partial charge is 0.222 e. The van der Waals surface area contributed by atoms with E-state index in [1.807, 2.05) is 34.3 Å². The molecule has 82 valence electrons. The summed E-state index contributed by atoms with van der Waals surface area (Å²) in [6.07, 6.45) is 3.98. The lowest BCUT2D eigenvalue weighted by Gasteiger charge is -2.17. The first-order valence-electron chi connectivity index (χ1n) is 3.52. The number of thiazole rings is 1. The number of nitrogens with zero attached hydrogens (tertiary/aromatic N) is 1. The lowest BCUT2D eigenvalue weighted by molar-refractivity contribution is -2.00. The van der Waals surface area contributed by atoms with E-state index in [0.717, 1.165) is 9.85 Å². The molecule has 0 bridgehead atoms. The van der Waals surface area contributed by atoms with Gasteiger partial charge in [-0.1, -0.05) is 22.9 Å². The second-order valence-corrected chi connectivity index (χ2v) is 4.41. The number of pyridine rings is 1. The van der Waals surface area contributed by atoms with Gasteiger partial charge in [-0.25, -0.2) is 18.6 Å². The summed E-state index contributed by atoms with van der Waals surface area (Å²) in [5, 5.41) is 2.83. The first-order chi connectivity index (χ1) is 6.88. The van der Waals surface area contributed by atoms with Crippen molar-refractivity contribution in [3.05, 3.63) is 34.9 Å². The van der Waals surface area contributed by atoms with Gasteiger partial charge < -0.3 is 0 Å². The van der Waals surface area contributed by atoms with Gasteiger partial charge in [0, 0.05) is 6.07 Å². The molecule has 0 saturated carbocycles. The van der Waals surface area contributed by atoms with Crippen molar-refractivity contribution >= 4 is 27.8 Å². The van der Waals surface area contributed by atoms with E-state index in [1.165, 1.54) is 0 Å². The summed E-state index contributed by atoms with van der Waals surface area (Å²) in [6, 6.07) is 3.83. The largest absolute Gasteiger partial charge is 0.285 e. The third-order valence-electron chi connectivity index (χ3n) is 1.33. The summed E-state index contributed by atoms with van der Waals surface area (Å²) in [5.74, 6) is 0. The average Bonchev–Trinajstić information content (AvgIpc) is 2.49. The van der Waals surface area contributed by atoms with E-state index in [9.17, 15) is 0 Å². The molecule has 2 rings (SSSR count). The van der Waals surface area contributed by atoms with Gasteiger partial charge in [-0.05, 0) is 6.07 Å². The molecule has 0 aromatic carbocycles. The second-order valence-electron chi connectivity index (χ2n) is 2.35. The maximum absolute atomic E-state index is 8.49. The van der Waals surface area contributed by atoms with E-state index in [4.69, 9.17) is 30.2 Å². The molecule has 2 heterocycles. The van der Waals surface area contributed by atoms with Gasteiger partial charge in [-0.2, -0.15) is 4.40 Å². The zero-order chi connectivity index (χ0) is 11.5. The van der Waals surface area contributed by atoms with Crippen molar-refractivity contribution in [1.29, 1.82) is 0 Å². The van der Waals surface area contributed by atoms with Crippen LogP contribution in [-0.2, 0) is 0 Å². The molecule has 0 fully saturated rings. The fourth-order valence-corrected chi connectivity index (χ4v) is 1.93. The Hall–Kier alpha value is -0.470. The molecule has 0 aliphatic rings. The van der Waals surface area contributed by atoms with E-state index in [1.54, 1.807) is 11.3 Å². The molecule has 0 unspecified atom stereocenters. The zero-order valence-electron chi connectivity index (χ0n) is 7.13. The van der Waals surface area contributed by atoms with Gasteiger partial charge in [0.2, 0.25) is 0 Å². The predicted octanol–water partition coefficient (Wildman–Crippen LogP) is -2.62. The van der Waals surface area contributed by atoms with Crippen molar-refractivity contribution in [2.75, 3.05) is 0 Å². The number of hydrogen-bond acceptors (Lipinski definition) is 5. The Balaban J connectivity index is 0.000000195. The Kier molecular flexibility index (Phi) is 4.23. The molecule has 5 nitrogen and oxygen atoms in total. The quantitative estimate of drug-likeness (QED) is 0.490.